The van der Waals surface area contributed by atoms with Crippen LogP contribution in [-0.4, -0.2) is 12.5 Å². The highest BCUT2D eigenvalue weighted by atomic mass is 19.1. The Morgan fingerprint density at radius 2 is 1.90 bits per heavy atom. The van der Waals surface area contributed by atoms with E-state index in [1.54, 1.807) is 30.3 Å². The van der Waals surface area contributed by atoms with Crippen molar-refractivity contribution in [1.29, 1.82) is 0 Å². The summed E-state index contributed by atoms with van der Waals surface area (Å²) in [6, 6.07) is 11.3. The van der Waals surface area contributed by atoms with Crippen molar-refractivity contribution in [3.63, 3.8) is 0 Å². The van der Waals surface area contributed by atoms with E-state index in [0.717, 1.165) is 5.69 Å². The second-order valence-corrected chi connectivity index (χ2v) is 4.36. The second-order valence-electron chi connectivity index (χ2n) is 4.36. The van der Waals surface area contributed by atoms with Gasteiger partial charge < -0.3 is 16.4 Å². The van der Waals surface area contributed by atoms with Crippen LogP contribution in [-0.2, 0) is 0 Å². The van der Waals surface area contributed by atoms with Gasteiger partial charge >= 0.3 is 0 Å². The van der Waals surface area contributed by atoms with Gasteiger partial charge in [-0.15, -0.1) is 0 Å². The summed E-state index contributed by atoms with van der Waals surface area (Å²) in [7, 11) is 0. The van der Waals surface area contributed by atoms with Crippen molar-refractivity contribution in [2.45, 2.75) is 6.92 Å². The molecule has 0 bridgehead atoms. The number of carbonyl (C=O) groups excluding carboxylic acids is 1. The van der Waals surface area contributed by atoms with Gasteiger partial charge in [0.05, 0.1) is 5.56 Å². The quantitative estimate of drug-likeness (QED) is 0.841. The number of hydrogen-bond acceptors (Lipinski definition) is 3. The Morgan fingerprint density at radius 3 is 2.50 bits per heavy atom. The molecule has 5 heteroatoms. The predicted octanol–water partition coefficient (Wildman–Crippen LogP) is 2.66. The molecule has 0 spiro atoms. The standard InChI is InChI=1S/C15H16FN3O/c1-2-19(11-5-3-4-10(16)8-11)12-6-7-14(17)13(9-12)15(18)20/h3-9H,2,17H2,1H3,(H2,18,20). The van der Waals surface area contributed by atoms with E-state index in [1.165, 1.54) is 12.1 Å². The molecule has 4 nitrogen and oxygen atoms in total. The van der Waals surface area contributed by atoms with Crippen LogP contribution in [0.4, 0.5) is 21.5 Å². The molecule has 0 unspecified atom stereocenters. The fourth-order valence-corrected chi connectivity index (χ4v) is 2.08. The SMILES string of the molecule is CCN(c1cccc(F)c1)c1ccc(N)c(C(N)=O)c1. The minimum Gasteiger partial charge on any atom is -0.398 e. The lowest BCUT2D eigenvalue weighted by Gasteiger charge is -2.24. The van der Waals surface area contributed by atoms with Crippen LogP contribution in [0, 0.1) is 5.82 Å². The van der Waals surface area contributed by atoms with Crippen molar-refractivity contribution in [3.05, 3.63) is 53.8 Å². The van der Waals surface area contributed by atoms with Gasteiger partial charge in [0.1, 0.15) is 5.82 Å². The van der Waals surface area contributed by atoms with Crippen LogP contribution in [0.3, 0.4) is 0 Å². The molecule has 0 aromatic heterocycles. The predicted molar refractivity (Wildman–Crippen MR) is 78.5 cm³/mol. The van der Waals surface area contributed by atoms with Gasteiger partial charge in [-0.1, -0.05) is 6.07 Å². The van der Waals surface area contributed by atoms with Crippen LogP contribution < -0.4 is 16.4 Å². The molecule has 0 aliphatic rings. The van der Waals surface area contributed by atoms with Crippen LogP contribution >= 0.6 is 0 Å². The minimum absolute atomic E-state index is 0.261. The number of primary amides is 1. The third-order valence-corrected chi connectivity index (χ3v) is 3.05. The molecule has 2 rings (SSSR count). The van der Waals surface area contributed by atoms with Gasteiger partial charge in [0.25, 0.3) is 5.91 Å². The summed E-state index contributed by atoms with van der Waals surface area (Å²) in [5.41, 5.74) is 13.0. The highest BCUT2D eigenvalue weighted by Crippen LogP contribution is 2.28. The Hall–Kier alpha value is -2.56. The first-order valence-corrected chi connectivity index (χ1v) is 6.25. The highest BCUT2D eigenvalue weighted by molar-refractivity contribution is 5.99. The summed E-state index contributed by atoms with van der Waals surface area (Å²) < 4.78 is 13.3. The van der Waals surface area contributed by atoms with Crippen LogP contribution in [0.15, 0.2) is 42.5 Å². The zero-order valence-electron chi connectivity index (χ0n) is 11.1. The molecular formula is C15H16FN3O. The van der Waals surface area contributed by atoms with Gasteiger partial charge in [-0.3, -0.25) is 4.79 Å². The molecular weight excluding hydrogens is 257 g/mol. The van der Waals surface area contributed by atoms with Crippen LogP contribution in [0.5, 0.6) is 0 Å². The second kappa shape index (κ2) is 5.61. The van der Waals surface area contributed by atoms with Crippen molar-refractivity contribution < 1.29 is 9.18 Å². The van der Waals surface area contributed by atoms with Gasteiger partial charge in [0, 0.05) is 23.6 Å². The lowest BCUT2D eigenvalue weighted by molar-refractivity contribution is 0.100. The van der Waals surface area contributed by atoms with E-state index >= 15 is 0 Å². The summed E-state index contributed by atoms with van der Waals surface area (Å²) >= 11 is 0. The first-order chi connectivity index (χ1) is 9.52. The number of rotatable bonds is 4. The molecule has 0 fully saturated rings. The maximum absolute atomic E-state index is 13.3. The molecule has 0 saturated heterocycles. The summed E-state index contributed by atoms with van der Waals surface area (Å²) in [5, 5.41) is 0. The van der Waals surface area contributed by atoms with E-state index in [4.69, 9.17) is 11.5 Å². The number of nitrogens with two attached hydrogens (primary N) is 2. The summed E-state index contributed by atoms with van der Waals surface area (Å²) in [4.78, 5) is 13.2. The molecule has 2 aromatic carbocycles. The number of nitrogens with zero attached hydrogens (tertiary/aromatic N) is 1. The molecule has 2 aromatic rings. The van der Waals surface area contributed by atoms with Gasteiger partial charge in [-0.05, 0) is 43.3 Å². The molecule has 4 N–H and O–H groups in total. The fourth-order valence-electron chi connectivity index (χ4n) is 2.08. The first kappa shape index (κ1) is 13.9. The van der Waals surface area contributed by atoms with E-state index < -0.39 is 5.91 Å². The molecule has 104 valence electrons. The highest BCUT2D eigenvalue weighted by Gasteiger charge is 2.12. The van der Waals surface area contributed by atoms with Gasteiger partial charge in [-0.2, -0.15) is 0 Å². The molecule has 20 heavy (non-hydrogen) atoms. The number of carbonyl (C=O) groups is 1. The topological polar surface area (TPSA) is 72.3 Å². The maximum atomic E-state index is 13.3. The first-order valence-electron chi connectivity index (χ1n) is 6.25. The Kier molecular flexibility index (Phi) is 3.89. The average molecular weight is 273 g/mol. The third-order valence-electron chi connectivity index (χ3n) is 3.05. The summed E-state index contributed by atoms with van der Waals surface area (Å²) in [6.07, 6.45) is 0. The number of amides is 1. The van der Waals surface area contributed by atoms with Gasteiger partial charge in [0.15, 0.2) is 0 Å². The van der Waals surface area contributed by atoms with Crippen molar-refractivity contribution in [3.8, 4) is 0 Å². The number of anilines is 3. The summed E-state index contributed by atoms with van der Waals surface area (Å²) in [5.74, 6) is -0.897. The smallest absolute Gasteiger partial charge is 0.250 e. The van der Waals surface area contributed by atoms with Crippen molar-refractivity contribution in [2.75, 3.05) is 17.2 Å². The Balaban J connectivity index is 2.47. The van der Waals surface area contributed by atoms with Crippen LogP contribution in [0.2, 0.25) is 0 Å². The Morgan fingerprint density at radius 1 is 1.20 bits per heavy atom. The van der Waals surface area contributed by atoms with E-state index in [-0.39, 0.29) is 11.4 Å². The zero-order chi connectivity index (χ0) is 14.7. The molecule has 0 aliphatic carbocycles. The van der Waals surface area contributed by atoms with E-state index in [9.17, 15) is 9.18 Å². The minimum atomic E-state index is -0.584. The number of hydrogen-bond donors (Lipinski definition) is 2. The fraction of sp³-hybridized carbons (Fsp3) is 0.133. The monoisotopic (exact) mass is 273 g/mol. The number of nitrogen functional groups attached to an aromatic ring is 1. The Labute approximate surface area is 116 Å². The van der Waals surface area contributed by atoms with Crippen LogP contribution in [0.25, 0.3) is 0 Å². The van der Waals surface area contributed by atoms with Crippen molar-refractivity contribution in [2.24, 2.45) is 5.73 Å². The molecule has 0 heterocycles. The van der Waals surface area contributed by atoms with Crippen molar-refractivity contribution >= 4 is 23.0 Å². The molecule has 0 atom stereocenters. The molecule has 1 amide bonds. The average Bonchev–Trinajstić information content (AvgIpc) is 2.41. The number of halogens is 1. The normalized spacial score (nSPS) is 10.3. The lowest BCUT2D eigenvalue weighted by atomic mass is 10.1. The van der Waals surface area contributed by atoms with E-state index in [0.29, 0.717) is 17.9 Å². The van der Waals surface area contributed by atoms with Crippen LogP contribution in [0.1, 0.15) is 17.3 Å². The van der Waals surface area contributed by atoms with E-state index in [2.05, 4.69) is 0 Å². The third kappa shape index (κ3) is 2.71. The van der Waals surface area contributed by atoms with Gasteiger partial charge in [-0.25, -0.2) is 4.39 Å². The van der Waals surface area contributed by atoms with Gasteiger partial charge in [0.2, 0.25) is 0 Å². The molecule has 0 aliphatic heterocycles. The maximum Gasteiger partial charge on any atom is 0.250 e. The largest absolute Gasteiger partial charge is 0.398 e. The Bertz CT molecular complexity index is 643. The molecule has 0 radical (unpaired) electrons. The van der Waals surface area contributed by atoms with Crippen molar-refractivity contribution in [1.82, 2.24) is 0 Å². The zero-order valence-corrected chi connectivity index (χ0v) is 11.1. The lowest BCUT2D eigenvalue weighted by Crippen LogP contribution is -2.19. The molecule has 0 saturated carbocycles. The number of benzene rings is 2. The van der Waals surface area contributed by atoms with E-state index in [1.807, 2.05) is 11.8 Å². The summed E-state index contributed by atoms with van der Waals surface area (Å²) in [6.45, 7) is 2.55.